The number of rotatable bonds is 2. The number of fused-ring (bicyclic) bond motifs is 1. The third-order valence-electron chi connectivity index (χ3n) is 3.46. The van der Waals surface area contributed by atoms with E-state index in [9.17, 15) is 4.39 Å². The molecule has 0 saturated carbocycles. The number of halogens is 1. The summed E-state index contributed by atoms with van der Waals surface area (Å²) in [5.41, 5.74) is 2.25. The molecule has 22 heavy (non-hydrogen) atoms. The first kappa shape index (κ1) is 12.8. The topological polar surface area (TPSA) is 43.9 Å². The minimum Gasteiger partial charge on any atom is -0.458 e. The lowest BCUT2D eigenvalue weighted by Gasteiger charge is -2.07. The lowest BCUT2D eigenvalue weighted by atomic mass is 10.3. The van der Waals surface area contributed by atoms with E-state index in [-0.39, 0.29) is 5.82 Å². The normalized spacial score (nSPS) is 11.2. The number of aromatic nitrogens is 3. The molecule has 4 rings (SSSR count). The molecule has 0 amide bonds. The average molecular weight is 293 g/mol. The second-order valence-electron chi connectivity index (χ2n) is 5.00. The molecule has 0 N–H and O–H groups in total. The zero-order valence-corrected chi connectivity index (χ0v) is 11.8. The maximum atomic E-state index is 13.2. The fourth-order valence-corrected chi connectivity index (χ4v) is 2.47. The van der Waals surface area contributed by atoms with E-state index in [1.807, 2.05) is 35.8 Å². The monoisotopic (exact) mass is 293 g/mol. The van der Waals surface area contributed by atoms with Crippen molar-refractivity contribution in [3.05, 3.63) is 66.3 Å². The van der Waals surface area contributed by atoms with Crippen LogP contribution in [0, 0.1) is 12.7 Å². The van der Waals surface area contributed by atoms with E-state index < -0.39 is 0 Å². The number of pyridine rings is 1. The molecule has 0 saturated heterocycles. The summed E-state index contributed by atoms with van der Waals surface area (Å²) in [6.07, 6.45) is 1.71. The van der Waals surface area contributed by atoms with Crippen molar-refractivity contribution in [2.45, 2.75) is 6.92 Å². The summed E-state index contributed by atoms with van der Waals surface area (Å²) in [4.78, 5) is 9.01. The summed E-state index contributed by atoms with van der Waals surface area (Å²) in [5.74, 6) is 1.82. The third-order valence-corrected chi connectivity index (χ3v) is 3.46. The zero-order chi connectivity index (χ0) is 15.1. The van der Waals surface area contributed by atoms with Crippen LogP contribution in [-0.4, -0.2) is 14.5 Å². The molecule has 0 spiro atoms. The Morgan fingerprint density at radius 1 is 1.05 bits per heavy atom. The molecule has 0 aliphatic rings. The van der Waals surface area contributed by atoms with Gasteiger partial charge in [0.25, 0.3) is 0 Å². The molecule has 5 heteroatoms. The maximum absolute atomic E-state index is 13.2. The Morgan fingerprint density at radius 3 is 2.59 bits per heavy atom. The first-order chi connectivity index (χ1) is 10.7. The van der Waals surface area contributed by atoms with Crippen LogP contribution in [0.1, 0.15) is 5.76 Å². The van der Waals surface area contributed by atoms with Crippen LogP contribution in [0.2, 0.25) is 0 Å². The highest BCUT2D eigenvalue weighted by Gasteiger charge is 2.17. The number of benzene rings is 1. The zero-order valence-electron chi connectivity index (χ0n) is 11.8. The average Bonchev–Trinajstić information content (AvgIpc) is 3.11. The number of imidazole rings is 1. The van der Waals surface area contributed by atoms with Crippen LogP contribution in [0.15, 0.2) is 59.1 Å². The maximum Gasteiger partial charge on any atom is 0.183 e. The van der Waals surface area contributed by atoms with Crippen molar-refractivity contribution < 1.29 is 8.81 Å². The first-order valence-electron chi connectivity index (χ1n) is 6.88. The number of nitrogens with zero attached hydrogens (tertiary/aromatic N) is 3. The van der Waals surface area contributed by atoms with Gasteiger partial charge < -0.3 is 4.42 Å². The van der Waals surface area contributed by atoms with Crippen LogP contribution in [0.5, 0.6) is 0 Å². The van der Waals surface area contributed by atoms with Crippen molar-refractivity contribution in [3.8, 4) is 17.3 Å². The fraction of sp³-hybridized carbons (Fsp3) is 0.0588. The van der Waals surface area contributed by atoms with Crippen molar-refractivity contribution in [2.24, 2.45) is 0 Å². The fourth-order valence-electron chi connectivity index (χ4n) is 2.47. The molecule has 1 aromatic carbocycles. The van der Waals surface area contributed by atoms with Crippen LogP contribution < -0.4 is 0 Å². The molecule has 0 fully saturated rings. The molecule has 0 unspecified atom stereocenters. The van der Waals surface area contributed by atoms with E-state index in [1.54, 1.807) is 18.3 Å². The van der Waals surface area contributed by atoms with E-state index in [0.717, 1.165) is 17.0 Å². The van der Waals surface area contributed by atoms with Crippen molar-refractivity contribution in [1.82, 2.24) is 14.5 Å². The Kier molecular flexibility index (Phi) is 2.79. The van der Waals surface area contributed by atoms with E-state index in [4.69, 9.17) is 4.42 Å². The van der Waals surface area contributed by atoms with Gasteiger partial charge >= 0.3 is 0 Å². The van der Waals surface area contributed by atoms with Gasteiger partial charge in [0.05, 0.1) is 0 Å². The standard InChI is InChI=1S/C17H12FN3O/c1-11-4-9-15(22-11)17-20-14-3-2-10-19-16(14)21(17)13-7-5-12(18)6-8-13/h2-10H,1H3. The summed E-state index contributed by atoms with van der Waals surface area (Å²) in [6, 6.07) is 13.7. The van der Waals surface area contributed by atoms with Crippen molar-refractivity contribution in [2.75, 3.05) is 0 Å². The van der Waals surface area contributed by atoms with Gasteiger partial charge in [0.1, 0.15) is 17.1 Å². The highest BCUT2D eigenvalue weighted by atomic mass is 19.1. The molecule has 0 bridgehead atoms. The van der Waals surface area contributed by atoms with Crippen LogP contribution in [0.3, 0.4) is 0 Å². The Bertz CT molecular complexity index is 954. The van der Waals surface area contributed by atoms with Crippen LogP contribution in [0.4, 0.5) is 4.39 Å². The van der Waals surface area contributed by atoms with Gasteiger partial charge in [-0.25, -0.2) is 14.4 Å². The Labute approximate surface area is 125 Å². The molecule has 3 heterocycles. The third kappa shape index (κ3) is 1.98. The van der Waals surface area contributed by atoms with Crippen LogP contribution in [-0.2, 0) is 0 Å². The quantitative estimate of drug-likeness (QED) is 0.558. The predicted octanol–water partition coefficient (Wildman–Crippen LogP) is 4.13. The van der Waals surface area contributed by atoms with Crippen LogP contribution in [0.25, 0.3) is 28.4 Å². The first-order valence-corrected chi connectivity index (χ1v) is 6.88. The van der Waals surface area contributed by atoms with E-state index in [0.29, 0.717) is 17.2 Å². The minimum absolute atomic E-state index is 0.281. The Morgan fingerprint density at radius 2 is 1.86 bits per heavy atom. The summed E-state index contributed by atoms with van der Waals surface area (Å²) >= 11 is 0. The SMILES string of the molecule is Cc1ccc(-c2nc3cccnc3n2-c2ccc(F)cc2)o1. The van der Waals surface area contributed by atoms with Gasteiger partial charge in [-0.1, -0.05) is 0 Å². The van der Waals surface area contributed by atoms with Gasteiger partial charge in [0.2, 0.25) is 0 Å². The van der Waals surface area contributed by atoms with Gasteiger partial charge in [-0.05, 0) is 55.5 Å². The number of hydrogen-bond acceptors (Lipinski definition) is 3. The number of hydrogen-bond donors (Lipinski definition) is 0. The Hall–Kier alpha value is -2.95. The molecular weight excluding hydrogens is 281 g/mol. The molecule has 0 aliphatic heterocycles. The van der Waals surface area contributed by atoms with Crippen molar-refractivity contribution in [1.29, 1.82) is 0 Å². The second kappa shape index (κ2) is 4.80. The summed E-state index contributed by atoms with van der Waals surface area (Å²) < 4.78 is 20.8. The van der Waals surface area contributed by atoms with Crippen LogP contribution >= 0.6 is 0 Å². The highest BCUT2D eigenvalue weighted by Crippen LogP contribution is 2.28. The largest absolute Gasteiger partial charge is 0.458 e. The van der Waals surface area contributed by atoms with Gasteiger partial charge in [0, 0.05) is 11.9 Å². The number of furan rings is 1. The molecule has 4 aromatic rings. The van der Waals surface area contributed by atoms with E-state index in [2.05, 4.69) is 9.97 Å². The lowest BCUT2D eigenvalue weighted by Crippen LogP contribution is -1.98. The lowest BCUT2D eigenvalue weighted by molar-refractivity contribution is 0.543. The van der Waals surface area contributed by atoms with E-state index in [1.165, 1.54) is 12.1 Å². The van der Waals surface area contributed by atoms with Gasteiger partial charge in [0.15, 0.2) is 17.2 Å². The summed E-state index contributed by atoms with van der Waals surface area (Å²) in [7, 11) is 0. The molecule has 0 radical (unpaired) electrons. The molecule has 0 aliphatic carbocycles. The molecule has 3 aromatic heterocycles. The minimum atomic E-state index is -0.281. The van der Waals surface area contributed by atoms with E-state index >= 15 is 0 Å². The molecule has 108 valence electrons. The molecular formula is C17H12FN3O. The van der Waals surface area contributed by atoms with Gasteiger partial charge in [-0.3, -0.25) is 4.57 Å². The summed E-state index contributed by atoms with van der Waals surface area (Å²) in [5, 5.41) is 0. The Balaban J connectivity index is 2.03. The number of aryl methyl sites for hydroxylation is 1. The van der Waals surface area contributed by atoms with Crippen molar-refractivity contribution in [3.63, 3.8) is 0 Å². The van der Waals surface area contributed by atoms with Gasteiger partial charge in [-0.2, -0.15) is 0 Å². The molecule has 4 nitrogen and oxygen atoms in total. The summed E-state index contributed by atoms with van der Waals surface area (Å²) in [6.45, 7) is 1.88. The smallest absolute Gasteiger partial charge is 0.183 e. The predicted molar refractivity (Wildman–Crippen MR) is 81.3 cm³/mol. The second-order valence-corrected chi connectivity index (χ2v) is 5.00. The van der Waals surface area contributed by atoms with Crippen molar-refractivity contribution >= 4 is 11.2 Å². The van der Waals surface area contributed by atoms with Gasteiger partial charge in [-0.15, -0.1) is 0 Å². The highest BCUT2D eigenvalue weighted by molar-refractivity contribution is 5.78. The molecule has 0 atom stereocenters.